The Balaban J connectivity index is 2.22. The van der Waals surface area contributed by atoms with Crippen molar-refractivity contribution in [3.8, 4) is 0 Å². The van der Waals surface area contributed by atoms with Gasteiger partial charge < -0.3 is 14.2 Å². The fraction of sp³-hybridized carbons (Fsp3) is 0.667. The molecule has 52 valence electrons. The van der Waals surface area contributed by atoms with Gasteiger partial charge in [0.2, 0.25) is 0 Å². The van der Waals surface area contributed by atoms with Crippen molar-refractivity contribution in [3.05, 3.63) is 12.3 Å². The second-order valence-corrected chi connectivity index (χ2v) is 1.71. The number of rotatable bonds is 2. The molecule has 1 rings (SSSR count). The summed E-state index contributed by atoms with van der Waals surface area (Å²) in [5.41, 5.74) is 0. The molecule has 1 unspecified atom stereocenters. The molecule has 1 aliphatic rings. The lowest BCUT2D eigenvalue weighted by Gasteiger charge is -2.06. The number of hydrogen-bond donors (Lipinski definition) is 0. The molecule has 0 saturated carbocycles. The van der Waals surface area contributed by atoms with Crippen molar-refractivity contribution in [1.29, 1.82) is 0 Å². The van der Waals surface area contributed by atoms with Gasteiger partial charge in [0.25, 0.3) is 0 Å². The molecular formula is C6H10O3. The fourth-order valence-corrected chi connectivity index (χ4v) is 0.583. The van der Waals surface area contributed by atoms with Gasteiger partial charge in [0, 0.05) is 0 Å². The molecule has 0 aromatic heterocycles. The predicted molar refractivity (Wildman–Crippen MR) is 31.6 cm³/mol. The van der Waals surface area contributed by atoms with Gasteiger partial charge in [-0.2, -0.15) is 0 Å². The topological polar surface area (TPSA) is 27.7 Å². The minimum atomic E-state index is -0.512. The SMILES string of the molecule is C=C1COC(OCC)O1. The Hall–Kier alpha value is -0.540. The summed E-state index contributed by atoms with van der Waals surface area (Å²) in [6.07, 6.45) is 0. The molecule has 0 N–H and O–H groups in total. The third kappa shape index (κ3) is 1.69. The summed E-state index contributed by atoms with van der Waals surface area (Å²) in [7, 11) is 0. The first kappa shape index (κ1) is 6.58. The molecule has 0 spiro atoms. The third-order valence-electron chi connectivity index (χ3n) is 0.946. The van der Waals surface area contributed by atoms with Crippen LogP contribution in [0.25, 0.3) is 0 Å². The molecule has 1 aliphatic heterocycles. The van der Waals surface area contributed by atoms with E-state index in [9.17, 15) is 0 Å². The van der Waals surface area contributed by atoms with E-state index in [4.69, 9.17) is 14.2 Å². The molecule has 9 heavy (non-hydrogen) atoms. The Labute approximate surface area is 54.2 Å². The maximum atomic E-state index is 4.97. The van der Waals surface area contributed by atoms with E-state index in [-0.39, 0.29) is 0 Å². The van der Waals surface area contributed by atoms with Gasteiger partial charge in [0.1, 0.15) is 12.4 Å². The van der Waals surface area contributed by atoms with Crippen molar-refractivity contribution in [2.45, 2.75) is 13.4 Å². The van der Waals surface area contributed by atoms with Gasteiger partial charge in [-0.25, -0.2) is 0 Å². The molecule has 0 aliphatic carbocycles. The second kappa shape index (κ2) is 2.85. The van der Waals surface area contributed by atoms with Crippen molar-refractivity contribution >= 4 is 0 Å². The van der Waals surface area contributed by atoms with Crippen LogP contribution in [-0.2, 0) is 14.2 Å². The first-order valence-corrected chi connectivity index (χ1v) is 2.90. The summed E-state index contributed by atoms with van der Waals surface area (Å²) in [6, 6.07) is 0. The maximum Gasteiger partial charge on any atom is 0.316 e. The highest BCUT2D eigenvalue weighted by atomic mass is 16.9. The molecule has 0 aromatic rings. The molecule has 1 fully saturated rings. The van der Waals surface area contributed by atoms with Crippen LogP contribution < -0.4 is 0 Å². The molecule has 3 nitrogen and oxygen atoms in total. The summed E-state index contributed by atoms with van der Waals surface area (Å²) in [5.74, 6) is 0.633. The van der Waals surface area contributed by atoms with Gasteiger partial charge in [-0.15, -0.1) is 0 Å². The summed E-state index contributed by atoms with van der Waals surface area (Å²) in [6.45, 7) is 5.97. The zero-order valence-corrected chi connectivity index (χ0v) is 5.42. The Morgan fingerprint density at radius 3 is 3.11 bits per heavy atom. The van der Waals surface area contributed by atoms with Crippen molar-refractivity contribution in [1.82, 2.24) is 0 Å². The van der Waals surface area contributed by atoms with E-state index in [1.54, 1.807) is 0 Å². The Morgan fingerprint density at radius 1 is 1.89 bits per heavy atom. The van der Waals surface area contributed by atoms with Crippen molar-refractivity contribution in [3.63, 3.8) is 0 Å². The molecule has 0 aromatic carbocycles. The Kier molecular flexibility index (Phi) is 2.08. The largest absolute Gasteiger partial charge is 0.444 e. The van der Waals surface area contributed by atoms with Gasteiger partial charge >= 0.3 is 6.48 Å². The van der Waals surface area contributed by atoms with Gasteiger partial charge in [-0.05, 0) is 6.92 Å². The lowest BCUT2D eigenvalue weighted by molar-refractivity contribution is -0.220. The molecule has 1 saturated heterocycles. The molecule has 0 bridgehead atoms. The smallest absolute Gasteiger partial charge is 0.316 e. The van der Waals surface area contributed by atoms with Gasteiger partial charge in [0.05, 0.1) is 6.61 Å². The van der Waals surface area contributed by atoms with E-state index < -0.39 is 6.48 Å². The molecule has 3 heteroatoms. The predicted octanol–water partition coefficient (Wildman–Crippen LogP) is 0.867. The number of hydrogen-bond acceptors (Lipinski definition) is 3. The van der Waals surface area contributed by atoms with Crippen LogP contribution in [0.4, 0.5) is 0 Å². The van der Waals surface area contributed by atoms with Crippen LogP contribution in [0.1, 0.15) is 6.92 Å². The van der Waals surface area contributed by atoms with E-state index >= 15 is 0 Å². The quantitative estimate of drug-likeness (QED) is 0.555. The van der Waals surface area contributed by atoms with E-state index in [1.807, 2.05) is 6.92 Å². The first-order valence-electron chi connectivity index (χ1n) is 2.90. The highest BCUT2D eigenvalue weighted by Gasteiger charge is 2.18. The van der Waals surface area contributed by atoms with E-state index in [2.05, 4.69) is 6.58 Å². The highest BCUT2D eigenvalue weighted by molar-refractivity contribution is 4.85. The van der Waals surface area contributed by atoms with Crippen LogP contribution in [0.3, 0.4) is 0 Å². The Bertz CT molecular complexity index is 111. The standard InChI is InChI=1S/C6H10O3/c1-3-7-6-8-4-5(2)9-6/h6H,2-4H2,1H3. The van der Waals surface area contributed by atoms with Crippen LogP contribution in [-0.4, -0.2) is 19.7 Å². The third-order valence-corrected chi connectivity index (χ3v) is 0.946. The van der Waals surface area contributed by atoms with Crippen molar-refractivity contribution < 1.29 is 14.2 Å². The van der Waals surface area contributed by atoms with E-state index in [0.29, 0.717) is 19.0 Å². The zero-order valence-electron chi connectivity index (χ0n) is 5.42. The first-order chi connectivity index (χ1) is 4.33. The van der Waals surface area contributed by atoms with Crippen LogP contribution in [0.5, 0.6) is 0 Å². The van der Waals surface area contributed by atoms with Crippen LogP contribution in [0.15, 0.2) is 12.3 Å². The van der Waals surface area contributed by atoms with Crippen molar-refractivity contribution in [2.24, 2.45) is 0 Å². The summed E-state index contributed by atoms with van der Waals surface area (Å²) >= 11 is 0. The van der Waals surface area contributed by atoms with Gasteiger partial charge in [-0.1, -0.05) is 6.58 Å². The monoisotopic (exact) mass is 130 g/mol. The normalized spacial score (nSPS) is 26.3. The van der Waals surface area contributed by atoms with Crippen molar-refractivity contribution in [2.75, 3.05) is 13.2 Å². The number of ether oxygens (including phenoxy) is 3. The van der Waals surface area contributed by atoms with E-state index in [0.717, 1.165) is 0 Å². The van der Waals surface area contributed by atoms with Gasteiger partial charge in [-0.3, -0.25) is 0 Å². The molecular weight excluding hydrogens is 120 g/mol. The Morgan fingerprint density at radius 2 is 2.67 bits per heavy atom. The van der Waals surface area contributed by atoms with Gasteiger partial charge in [0.15, 0.2) is 0 Å². The summed E-state index contributed by atoms with van der Waals surface area (Å²) < 4.78 is 14.9. The lowest BCUT2D eigenvalue weighted by atomic mass is 10.6. The van der Waals surface area contributed by atoms with Crippen LogP contribution in [0.2, 0.25) is 0 Å². The van der Waals surface area contributed by atoms with Crippen LogP contribution >= 0.6 is 0 Å². The average molecular weight is 130 g/mol. The molecule has 0 amide bonds. The molecule has 1 heterocycles. The van der Waals surface area contributed by atoms with E-state index in [1.165, 1.54) is 0 Å². The minimum absolute atomic E-state index is 0.449. The second-order valence-electron chi connectivity index (χ2n) is 1.71. The minimum Gasteiger partial charge on any atom is -0.444 e. The van der Waals surface area contributed by atoms with Crippen LogP contribution in [0, 0.1) is 0 Å². The average Bonchev–Trinajstić information content (AvgIpc) is 2.17. The zero-order chi connectivity index (χ0) is 6.69. The molecule has 0 radical (unpaired) electrons. The summed E-state index contributed by atoms with van der Waals surface area (Å²) in [5, 5.41) is 0. The molecule has 1 atom stereocenters. The lowest BCUT2D eigenvalue weighted by Crippen LogP contribution is -2.11. The fourth-order valence-electron chi connectivity index (χ4n) is 0.583. The maximum absolute atomic E-state index is 4.97. The summed E-state index contributed by atoms with van der Waals surface area (Å²) in [4.78, 5) is 0. The highest BCUT2D eigenvalue weighted by Crippen LogP contribution is 2.12.